The minimum Gasteiger partial charge on any atom is -0.444 e. The number of carbonyl (C=O) groups is 1. The van der Waals surface area contributed by atoms with Crippen molar-refractivity contribution in [2.45, 2.75) is 71.8 Å². The number of nitrogens with one attached hydrogen (secondary N) is 1. The first-order chi connectivity index (χ1) is 16.6. The van der Waals surface area contributed by atoms with Gasteiger partial charge < -0.3 is 19.0 Å². The van der Waals surface area contributed by atoms with Crippen molar-refractivity contribution in [1.29, 1.82) is 0 Å². The lowest BCUT2D eigenvalue weighted by atomic mass is 9.87. The third-order valence-electron chi connectivity index (χ3n) is 6.97. The molecule has 1 aliphatic heterocycles. The Morgan fingerprint density at radius 3 is 2.60 bits per heavy atom. The summed E-state index contributed by atoms with van der Waals surface area (Å²) < 4.78 is 11.2. The van der Waals surface area contributed by atoms with Crippen LogP contribution in [0.1, 0.15) is 76.0 Å². The van der Waals surface area contributed by atoms with Crippen LogP contribution in [0.25, 0.3) is 33.3 Å². The molecule has 0 spiro atoms. The number of oxazole rings is 1. The predicted octanol–water partition coefficient (Wildman–Crippen LogP) is 7.52. The summed E-state index contributed by atoms with van der Waals surface area (Å²) in [5, 5.41) is 1.28. The summed E-state index contributed by atoms with van der Waals surface area (Å²) in [6, 6.07) is 11.1. The van der Waals surface area contributed by atoms with Crippen LogP contribution in [0.3, 0.4) is 0 Å². The number of likely N-dealkylation sites (tertiary alicyclic amines) is 1. The molecule has 6 heteroatoms. The van der Waals surface area contributed by atoms with E-state index < -0.39 is 5.60 Å². The van der Waals surface area contributed by atoms with Crippen LogP contribution in [0, 0.1) is 6.92 Å². The Labute approximate surface area is 206 Å². The SMILES string of the molecule is Cc1cc(-c2[nH]c3ccc(C4CCN(C(=O)OC(C)(C)C)CC4)cc3c2C(C)C)cc2ocnc12. The molecule has 3 heterocycles. The van der Waals surface area contributed by atoms with Gasteiger partial charge in [0.05, 0.1) is 5.69 Å². The number of fused-ring (bicyclic) bond motifs is 2. The van der Waals surface area contributed by atoms with Gasteiger partial charge in [0, 0.05) is 29.6 Å². The molecule has 1 N–H and O–H groups in total. The Balaban J connectivity index is 1.44. The van der Waals surface area contributed by atoms with Gasteiger partial charge in [0.2, 0.25) is 0 Å². The van der Waals surface area contributed by atoms with Crippen LogP contribution in [-0.2, 0) is 4.74 Å². The van der Waals surface area contributed by atoms with E-state index in [0.29, 0.717) is 11.8 Å². The Morgan fingerprint density at radius 1 is 1.17 bits per heavy atom. The molecule has 4 aromatic rings. The number of H-pyrrole nitrogens is 1. The molecule has 1 amide bonds. The molecule has 0 unspecified atom stereocenters. The summed E-state index contributed by atoms with van der Waals surface area (Å²) in [5.41, 5.74) is 8.45. The van der Waals surface area contributed by atoms with Crippen molar-refractivity contribution in [3.63, 3.8) is 0 Å². The van der Waals surface area contributed by atoms with Crippen LogP contribution in [0.5, 0.6) is 0 Å². The lowest BCUT2D eigenvalue weighted by Gasteiger charge is -2.33. The summed E-state index contributed by atoms with van der Waals surface area (Å²) in [4.78, 5) is 22.3. The first-order valence-corrected chi connectivity index (χ1v) is 12.6. The van der Waals surface area contributed by atoms with Gasteiger partial charge in [-0.1, -0.05) is 19.9 Å². The molecule has 0 saturated carbocycles. The van der Waals surface area contributed by atoms with Crippen LogP contribution < -0.4 is 0 Å². The first-order valence-electron chi connectivity index (χ1n) is 12.6. The quantitative estimate of drug-likeness (QED) is 0.334. The van der Waals surface area contributed by atoms with Crippen molar-refractivity contribution < 1.29 is 13.9 Å². The Morgan fingerprint density at radius 2 is 1.91 bits per heavy atom. The fraction of sp³-hybridized carbons (Fsp3) is 0.448. The largest absolute Gasteiger partial charge is 0.444 e. The fourth-order valence-electron chi connectivity index (χ4n) is 5.32. The molecule has 184 valence electrons. The van der Waals surface area contributed by atoms with Crippen LogP contribution in [0.15, 0.2) is 41.1 Å². The summed E-state index contributed by atoms with van der Waals surface area (Å²) in [7, 11) is 0. The van der Waals surface area contributed by atoms with Crippen molar-refractivity contribution in [1.82, 2.24) is 14.9 Å². The standard InChI is InChI=1S/C29H35N3O3/c1-17(2)25-22-14-20(19-9-11-32(12-10-19)28(33)35-29(4,5)6)7-8-23(22)31-27(25)21-13-18(3)26-24(15-21)34-16-30-26/h7-8,13-17,19,31H,9-12H2,1-6H3. The second-order valence-electron chi connectivity index (χ2n) is 11.1. The van der Waals surface area contributed by atoms with Gasteiger partial charge in [-0.25, -0.2) is 9.78 Å². The molecule has 0 atom stereocenters. The third kappa shape index (κ3) is 4.54. The number of benzene rings is 2. The van der Waals surface area contributed by atoms with E-state index in [2.05, 4.69) is 61.1 Å². The highest BCUT2D eigenvalue weighted by Gasteiger charge is 2.28. The zero-order valence-corrected chi connectivity index (χ0v) is 21.6. The number of hydrogen-bond acceptors (Lipinski definition) is 4. The summed E-state index contributed by atoms with van der Waals surface area (Å²) >= 11 is 0. The number of ether oxygens (including phenoxy) is 1. The summed E-state index contributed by atoms with van der Waals surface area (Å²) in [6.07, 6.45) is 3.19. The molecular weight excluding hydrogens is 438 g/mol. The zero-order valence-electron chi connectivity index (χ0n) is 21.6. The van der Waals surface area contributed by atoms with Crippen LogP contribution in [0.4, 0.5) is 4.79 Å². The van der Waals surface area contributed by atoms with E-state index >= 15 is 0 Å². The molecule has 35 heavy (non-hydrogen) atoms. The van der Waals surface area contributed by atoms with Gasteiger partial charge in [-0.15, -0.1) is 0 Å². The number of hydrogen-bond donors (Lipinski definition) is 1. The second-order valence-corrected chi connectivity index (χ2v) is 11.1. The van der Waals surface area contributed by atoms with Gasteiger partial charge in [-0.3, -0.25) is 0 Å². The molecule has 2 aromatic heterocycles. The lowest BCUT2D eigenvalue weighted by molar-refractivity contribution is 0.0205. The van der Waals surface area contributed by atoms with Gasteiger partial charge in [-0.2, -0.15) is 0 Å². The van der Waals surface area contributed by atoms with Crippen LogP contribution in [0.2, 0.25) is 0 Å². The summed E-state index contributed by atoms with van der Waals surface area (Å²) in [5.74, 6) is 0.790. The number of rotatable bonds is 3. The maximum Gasteiger partial charge on any atom is 0.410 e. The summed E-state index contributed by atoms with van der Waals surface area (Å²) in [6.45, 7) is 13.8. The van der Waals surface area contributed by atoms with Crippen molar-refractivity contribution in [2.75, 3.05) is 13.1 Å². The molecule has 0 aliphatic carbocycles. The zero-order chi connectivity index (χ0) is 24.9. The van der Waals surface area contributed by atoms with Crippen LogP contribution in [-0.4, -0.2) is 39.7 Å². The van der Waals surface area contributed by atoms with Crippen molar-refractivity contribution in [3.8, 4) is 11.3 Å². The number of nitrogens with zero attached hydrogens (tertiary/aromatic N) is 2. The predicted molar refractivity (Wildman–Crippen MR) is 140 cm³/mol. The van der Waals surface area contributed by atoms with Gasteiger partial charge in [-0.05, 0) is 93.3 Å². The molecule has 0 radical (unpaired) electrons. The highest BCUT2D eigenvalue weighted by molar-refractivity contribution is 5.94. The normalized spacial score (nSPS) is 15.5. The molecule has 2 aromatic carbocycles. The monoisotopic (exact) mass is 473 g/mol. The van der Waals surface area contributed by atoms with Gasteiger partial charge in [0.15, 0.2) is 12.0 Å². The number of carbonyl (C=O) groups excluding carboxylic acids is 1. The van der Waals surface area contributed by atoms with Crippen molar-refractivity contribution in [2.24, 2.45) is 0 Å². The van der Waals surface area contributed by atoms with E-state index in [9.17, 15) is 4.79 Å². The molecule has 1 saturated heterocycles. The number of amides is 1. The van der Waals surface area contributed by atoms with Gasteiger partial charge >= 0.3 is 6.09 Å². The molecular formula is C29H35N3O3. The highest BCUT2D eigenvalue weighted by atomic mass is 16.6. The maximum absolute atomic E-state index is 12.5. The highest BCUT2D eigenvalue weighted by Crippen LogP contribution is 2.39. The smallest absolute Gasteiger partial charge is 0.410 e. The number of aromatic amines is 1. The second kappa shape index (κ2) is 8.74. The maximum atomic E-state index is 12.5. The minimum atomic E-state index is -0.464. The molecule has 0 bridgehead atoms. The number of aryl methyl sites for hydroxylation is 1. The topological polar surface area (TPSA) is 71.4 Å². The van der Waals surface area contributed by atoms with E-state index in [1.165, 1.54) is 22.9 Å². The lowest BCUT2D eigenvalue weighted by Crippen LogP contribution is -2.41. The Hall–Kier alpha value is -3.28. The third-order valence-corrected chi connectivity index (χ3v) is 6.97. The van der Waals surface area contributed by atoms with E-state index in [4.69, 9.17) is 9.15 Å². The van der Waals surface area contributed by atoms with Gasteiger partial charge in [0.25, 0.3) is 0 Å². The molecule has 1 fully saturated rings. The number of piperidine rings is 1. The van der Waals surface area contributed by atoms with Crippen LogP contribution >= 0.6 is 0 Å². The van der Waals surface area contributed by atoms with E-state index in [-0.39, 0.29) is 6.09 Å². The first kappa shape index (κ1) is 23.5. The minimum absolute atomic E-state index is 0.206. The Kier molecular flexibility index (Phi) is 5.86. The Bertz CT molecular complexity index is 1380. The van der Waals surface area contributed by atoms with E-state index in [1.54, 1.807) is 0 Å². The molecule has 6 nitrogen and oxygen atoms in total. The van der Waals surface area contributed by atoms with Crippen molar-refractivity contribution in [3.05, 3.63) is 53.4 Å². The van der Waals surface area contributed by atoms with Gasteiger partial charge in [0.1, 0.15) is 11.1 Å². The van der Waals surface area contributed by atoms with E-state index in [0.717, 1.165) is 59.4 Å². The average molecular weight is 474 g/mol. The van der Waals surface area contributed by atoms with Crippen molar-refractivity contribution >= 4 is 28.1 Å². The average Bonchev–Trinajstić information content (AvgIpc) is 3.42. The number of aromatic nitrogens is 2. The molecule has 5 rings (SSSR count). The molecule has 1 aliphatic rings. The van der Waals surface area contributed by atoms with E-state index in [1.807, 2.05) is 25.7 Å². The fourth-order valence-corrected chi connectivity index (χ4v) is 5.32.